The fourth-order valence-corrected chi connectivity index (χ4v) is 4.28. The van der Waals surface area contributed by atoms with Crippen LogP contribution in [0.4, 0.5) is 5.69 Å². The Labute approximate surface area is 199 Å². The van der Waals surface area contributed by atoms with E-state index in [0.717, 1.165) is 18.5 Å². The largest absolute Gasteiger partial charge is 0.386 e. The molecule has 3 aromatic rings. The Morgan fingerprint density at radius 2 is 1.94 bits per heavy atom. The molecule has 8 nitrogen and oxygen atoms in total. The van der Waals surface area contributed by atoms with Crippen molar-refractivity contribution < 1.29 is 19.4 Å². The minimum atomic E-state index is -0.898. The van der Waals surface area contributed by atoms with E-state index in [1.807, 2.05) is 25.1 Å². The number of benzene rings is 2. The quantitative estimate of drug-likeness (QED) is 0.537. The summed E-state index contributed by atoms with van der Waals surface area (Å²) in [6.45, 7) is 2.69. The van der Waals surface area contributed by atoms with Crippen LogP contribution in [0.25, 0.3) is 0 Å². The molecule has 4 rings (SSSR count). The van der Waals surface area contributed by atoms with Gasteiger partial charge in [-0.3, -0.25) is 14.3 Å². The van der Waals surface area contributed by atoms with Crippen molar-refractivity contribution in [2.24, 2.45) is 7.05 Å². The summed E-state index contributed by atoms with van der Waals surface area (Å²) in [5.74, 6) is -0.369. The van der Waals surface area contributed by atoms with E-state index in [2.05, 4.69) is 22.5 Å². The molecule has 1 saturated heterocycles. The van der Waals surface area contributed by atoms with Gasteiger partial charge in [-0.25, -0.2) is 0 Å². The molecule has 2 unspecified atom stereocenters. The van der Waals surface area contributed by atoms with Crippen LogP contribution >= 0.6 is 0 Å². The number of morpholine rings is 1. The van der Waals surface area contributed by atoms with Crippen molar-refractivity contribution >= 4 is 17.5 Å². The van der Waals surface area contributed by atoms with Gasteiger partial charge in [-0.1, -0.05) is 42.5 Å². The van der Waals surface area contributed by atoms with Crippen molar-refractivity contribution in [2.45, 2.75) is 31.9 Å². The highest BCUT2D eigenvalue weighted by Gasteiger charge is 2.34. The van der Waals surface area contributed by atoms with Crippen molar-refractivity contribution in [2.75, 3.05) is 25.1 Å². The number of anilines is 1. The van der Waals surface area contributed by atoms with E-state index in [1.54, 1.807) is 42.3 Å². The summed E-state index contributed by atoms with van der Waals surface area (Å²) >= 11 is 0. The molecule has 0 bridgehead atoms. The summed E-state index contributed by atoms with van der Waals surface area (Å²) in [6, 6.07) is 18.4. The number of aromatic nitrogens is 2. The van der Waals surface area contributed by atoms with E-state index in [0.29, 0.717) is 23.5 Å². The fourth-order valence-electron chi connectivity index (χ4n) is 4.28. The van der Waals surface area contributed by atoms with E-state index < -0.39 is 12.1 Å². The van der Waals surface area contributed by atoms with Crippen LogP contribution in [-0.2, 0) is 23.0 Å². The molecule has 2 N–H and O–H groups in total. The standard InChI is InChI=1S/C26H30N4O4/c1-18-15-22(29(2)28-18)26(33)27-21-12-10-20(11-13-21)25(32)23-16-34-17-24(31)30(23)14-6-9-19-7-4-3-5-8-19/h3-5,7-8,10-13,15,23,25,32H,6,9,14,16-17H2,1-2H3,(H,27,33). The van der Waals surface area contributed by atoms with Gasteiger partial charge in [-0.05, 0) is 49.1 Å². The molecule has 0 aliphatic carbocycles. The summed E-state index contributed by atoms with van der Waals surface area (Å²) in [4.78, 5) is 26.8. The molecule has 1 aromatic heterocycles. The summed E-state index contributed by atoms with van der Waals surface area (Å²) in [6.07, 6.45) is 0.765. The monoisotopic (exact) mass is 462 g/mol. The summed E-state index contributed by atoms with van der Waals surface area (Å²) < 4.78 is 6.99. The number of aliphatic hydroxyl groups is 1. The molecule has 2 amide bonds. The van der Waals surface area contributed by atoms with Gasteiger partial charge in [0.05, 0.1) is 18.3 Å². The molecule has 8 heteroatoms. The third-order valence-corrected chi connectivity index (χ3v) is 6.05. The highest BCUT2D eigenvalue weighted by Crippen LogP contribution is 2.26. The van der Waals surface area contributed by atoms with Crippen LogP contribution in [0.1, 0.15) is 39.8 Å². The minimum absolute atomic E-state index is 0.0347. The van der Waals surface area contributed by atoms with E-state index in [-0.39, 0.29) is 25.0 Å². The number of carbonyl (C=O) groups excluding carboxylic acids is 2. The highest BCUT2D eigenvalue weighted by atomic mass is 16.5. The molecule has 2 aromatic carbocycles. The van der Waals surface area contributed by atoms with Crippen LogP contribution < -0.4 is 5.32 Å². The molecule has 1 aliphatic heterocycles. The van der Waals surface area contributed by atoms with Crippen molar-refractivity contribution in [3.63, 3.8) is 0 Å². The van der Waals surface area contributed by atoms with Gasteiger partial charge in [-0.15, -0.1) is 0 Å². The topological polar surface area (TPSA) is 96.7 Å². The third kappa shape index (κ3) is 5.52. The van der Waals surface area contributed by atoms with Crippen molar-refractivity contribution in [3.05, 3.63) is 83.2 Å². The Hall–Kier alpha value is -3.49. The maximum atomic E-state index is 12.6. The van der Waals surface area contributed by atoms with Gasteiger partial charge in [0.25, 0.3) is 5.91 Å². The second kappa shape index (κ2) is 10.6. The predicted molar refractivity (Wildman–Crippen MR) is 128 cm³/mol. The first-order chi connectivity index (χ1) is 16.4. The average molecular weight is 463 g/mol. The van der Waals surface area contributed by atoms with Crippen molar-refractivity contribution in [1.82, 2.24) is 14.7 Å². The SMILES string of the molecule is Cc1cc(C(=O)Nc2ccc(C(O)C3COCC(=O)N3CCCc3ccccc3)cc2)n(C)n1. The van der Waals surface area contributed by atoms with Gasteiger partial charge >= 0.3 is 0 Å². The van der Waals surface area contributed by atoms with E-state index in [9.17, 15) is 14.7 Å². The van der Waals surface area contributed by atoms with E-state index >= 15 is 0 Å². The lowest BCUT2D eigenvalue weighted by atomic mass is 9.99. The van der Waals surface area contributed by atoms with Crippen LogP contribution in [0, 0.1) is 6.92 Å². The first kappa shape index (κ1) is 23.7. The molecule has 1 fully saturated rings. The zero-order valence-corrected chi connectivity index (χ0v) is 19.5. The summed E-state index contributed by atoms with van der Waals surface area (Å²) in [5, 5.41) is 18.1. The van der Waals surface area contributed by atoms with Gasteiger partial charge in [-0.2, -0.15) is 5.10 Å². The lowest BCUT2D eigenvalue weighted by molar-refractivity contribution is -0.154. The lowest BCUT2D eigenvalue weighted by Gasteiger charge is -2.38. The molecule has 0 saturated carbocycles. The highest BCUT2D eigenvalue weighted by molar-refractivity contribution is 6.03. The van der Waals surface area contributed by atoms with Gasteiger partial charge in [0.1, 0.15) is 18.4 Å². The molecular formula is C26H30N4O4. The number of ether oxygens (including phenoxy) is 1. The van der Waals surface area contributed by atoms with Crippen molar-refractivity contribution in [3.8, 4) is 0 Å². The Bertz CT molecular complexity index is 1130. The van der Waals surface area contributed by atoms with Gasteiger partial charge in [0, 0.05) is 19.3 Å². The number of nitrogens with one attached hydrogen (secondary N) is 1. The van der Waals surface area contributed by atoms with Gasteiger partial charge < -0.3 is 20.1 Å². The van der Waals surface area contributed by atoms with Crippen LogP contribution in [0.2, 0.25) is 0 Å². The number of carbonyl (C=O) groups is 2. The fraction of sp³-hybridized carbons (Fsp3) is 0.346. The van der Waals surface area contributed by atoms with Crippen LogP contribution in [-0.4, -0.2) is 57.4 Å². The van der Waals surface area contributed by atoms with Gasteiger partial charge in [0.2, 0.25) is 5.91 Å². The zero-order chi connectivity index (χ0) is 24.1. The smallest absolute Gasteiger partial charge is 0.273 e. The summed E-state index contributed by atoms with van der Waals surface area (Å²) in [7, 11) is 1.72. The number of hydrogen-bond acceptors (Lipinski definition) is 5. The molecule has 0 radical (unpaired) electrons. The molecule has 2 atom stereocenters. The molecular weight excluding hydrogens is 432 g/mol. The Kier molecular flexibility index (Phi) is 7.40. The van der Waals surface area contributed by atoms with Crippen LogP contribution in [0.3, 0.4) is 0 Å². The number of nitrogens with zero attached hydrogens (tertiary/aromatic N) is 3. The third-order valence-electron chi connectivity index (χ3n) is 6.05. The molecule has 34 heavy (non-hydrogen) atoms. The maximum absolute atomic E-state index is 12.6. The maximum Gasteiger partial charge on any atom is 0.273 e. The van der Waals surface area contributed by atoms with Crippen LogP contribution in [0.5, 0.6) is 0 Å². The van der Waals surface area contributed by atoms with Gasteiger partial charge in [0.15, 0.2) is 0 Å². The Morgan fingerprint density at radius 3 is 2.62 bits per heavy atom. The molecule has 2 heterocycles. The second-order valence-corrected chi connectivity index (χ2v) is 8.57. The van der Waals surface area contributed by atoms with Crippen LogP contribution in [0.15, 0.2) is 60.7 Å². The number of hydrogen-bond donors (Lipinski definition) is 2. The number of amides is 2. The first-order valence-corrected chi connectivity index (χ1v) is 11.4. The number of rotatable bonds is 8. The lowest BCUT2D eigenvalue weighted by Crippen LogP contribution is -2.52. The summed E-state index contributed by atoms with van der Waals surface area (Å²) in [5.41, 5.74) is 3.72. The number of aliphatic hydroxyl groups excluding tert-OH is 1. The molecule has 0 spiro atoms. The number of aryl methyl sites for hydroxylation is 3. The predicted octanol–water partition coefficient (Wildman–Crippen LogP) is 2.87. The van der Waals surface area contributed by atoms with E-state index in [4.69, 9.17) is 4.74 Å². The first-order valence-electron chi connectivity index (χ1n) is 11.4. The Balaban J connectivity index is 1.39. The average Bonchev–Trinajstić information content (AvgIpc) is 3.18. The normalized spacial score (nSPS) is 17.0. The van der Waals surface area contributed by atoms with Crippen molar-refractivity contribution in [1.29, 1.82) is 0 Å². The molecule has 1 aliphatic rings. The Morgan fingerprint density at radius 1 is 1.21 bits per heavy atom. The minimum Gasteiger partial charge on any atom is -0.386 e. The molecule has 178 valence electrons. The second-order valence-electron chi connectivity index (χ2n) is 8.57. The zero-order valence-electron chi connectivity index (χ0n) is 19.5. The van der Waals surface area contributed by atoms with E-state index in [1.165, 1.54) is 10.2 Å².